The molecule has 0 unspecified atom stereocenters. The molecule has 14 heavy (non-hydrogen) atoms. The molecule has 3 heteroatoms. The van der Waals surface area contributed by atoms with Crippen LogP contribution < -0.4 is 0 Å². The van der Waals surface area contributed by atoms with Crippen molar-refractivity contribution in [3.8, 4) is 0 Å². The van der Waals surface area contributed by atoms with Crippen molar-refractivity contribution in [2.45, 2.75) is 39.4 Å². The molecule has 0 aliphatic rings. The van der Waals surface area contributed by atoms with Crippen molar-refractivity contribution in [2.24, 2.45) is 0 Å². The standard InChI is InChI=1S/C11H18O3/c1-7(2)9(5)6-10(12)11(13)14-8(3)4/h8,10,12H,1,5-6H2,2-4H3/t10-/m1/s1. The summed E-state index contributed by atoms with van der Waals surface area (Å²) in [5.74, 6) is -0.609. The molecule has 0 bridgehead atoms. The van der Waals surface area contributed by atoms with Gasteiger partial charge in [0.25, 0.3) is 0 Å². The molecule has 3 nitrogen and oxygen atoms in total. The third-order valence-electron chi connectivity index (χ3n) is 1.67. The molecule has 1 N–H and O–H groups in total. The van der Waals surface area contributed by atoms with Gasteiger partial charge < -0.3 is 9.84 Å². The molecule has 0 aromatic rings. The van der Waals surface area contributed by atoms with Crippen LogP contribution in [0.3, 0.4) is 0 Å². The van der Waals surface area contributed by atoms with Crippen molar-refractivity contribution < 1.29 is 14.6 Å². The second kappa shape index (κ2) is 5.60. The van der Waals surface area contributed by atoms with Crippen LogP contribution in [0.1, 0.15) is 27.2 Å². The van der Waals surface area contributed by atoms with Crippen molar-refractivity contribution in [3.05, 3.63) is 24.3 Å². The van der Waals surface area contributed by atoms with E-state index in [1.807, 2.05) is 0 Å². The lowest BCUT2D eigenvalue weighted by Gasteiger charge is -2.14. The number of rotatable bonds is 5. The van der Waals surface area contributed by atoms with Gasteiger partial charge in [0.1, 0.15) is 0 Å². The van der Waals surface area contributed by atoms with Gasteiger partial charge in [0.05, 0.1) is 6.10 Å². The van der Waals surface area contributed by atoms with Crippen LogP contribution in [0.15, 0.2) is 24.3 Å². The highest BCUT2D eigenvalue weighted by Gasteiger charge is 2.18. The molecule has 1 atom stereocenters. The second-order valence-electron chi connectivity index (χ2n) is 3.59. The van der Waals surface area contributed by atoms with Gasteiger partial charge >= 0.3 is 5.97 Å². The van der Waals surface area contributed by atoms with Crippen LogP contribution in [-0.2, 0) is 9.53 Å². The zero-order valence-corrected chi connectivity index (χ0v) is 9.04. The first-order valence-electron chi connectivity index (χ1n) is 4.56. The average Bonchev–Trinajstić information content (AvgIpc) is 2.02. The van der Waals surface area contributed by atoms with E-state index in [0.29, 0.717) is 5.57 Å². The molecular formula is C11H18O3. The van der Waals surface area contributed by atoms with Crippen LogP contribution >= 0.6 is 0 Å². The Labute approximate surface area is 85.1 Å². The van der Waals surface area contributed by atoms with E-state index in [0.717, 1.165) is 5.57 Å². The fraction of sp³-hybridized carbons (Fsp3) is 0.545. The van der Waals surface area contributed by atoms with Gasteiger partial charge in [-0.2, -0.15) is 0 Å². The lowest BCUT2D eigenvalue weighted by molar-refractivity contribution is -0.157. The van der Waals surface area contributed by atoms with E-state index in [1.165, 1.54) is 0 Å². The fourth-order valence-corrected chi connectivity index (χ4v) is 0.802. The summed E-state index contributed by atoms with van der Waals surface area (Å²) in [4.78, 5) is 11.2. The zero-order chi connectivity index (χ0) is 11.3. The van der Waals surface area contributed by atoms with Crippen molar-refractivity contribution >= 4 is 5.97 Å². The van der Waals surface area contributed by atoms with E-state index >= 15 is 0 Å². The summed E-state index contributed by atoms with van der Waals surface area (Å²) in [6.07, 6.45) is -1.17. The Morgan fingerprint density at radius 3 is 2.29 bits per heavy atom. The molecule has 0 aromatic carbocycles. The predicted molar refractivity (Wildman–Crippen MR) is 55.8 cm³/mol. The molecule has 0 aliphatic carbocycles. The third-order valence-corrected chi connectivity index (χ3v) is 1.67. The van der Waals surface area contributed by atoms with Crippen LogP contribution in [0.25, 0.3) is 0 Å². The summed E-state index contributed by atoms with van der Waals surface area (Å²) in [5.41, 5.74) is 1.43. The van der Waals surface area contributed by atoms with Gasteiger partial charge in [0.15, 0.2) is 6.10 Å². The third kappa shape index (κ3) is 4.82. The molecule has 0 amide bonds. The van der Waals surface area contributed by atoms with Gasteiger partial charge in [0.2, 0.25) is 0 Å². The number of hydrogen-bond acceptors (Lipinski definition) is 3. The molecule has 0 spiro atoms. The minimum atomic E-state index is -1.14. The summed E-state index contributed by atoms with van der Waals surface area (Å²) in [7, 11) is 0. The van der Waals surface area contributed by atoms with E-state index < -0.39 is 12.1 Å². The summed E-state index contributed by atoms with van der Waals surface area (Å²) < 4.78 is 4.83. The molecule has 80 valence electrons. The topological polar surface area (TPSA) is 46.5 Å². The van der Waals surface area contributed by atoms with E-state index in [2.05, 4.69) is 13.2 Å². The Bertz CT molecular complexity index is 241. The predicted octanol–water partition coefficient (Wildman–Crippen LogP) is 1.82. The van der Waals surface area contributed by atoms with Crippen molar-refractivity contribution in [2.75, 3.05) is 0 Å². The maximum absolute atomic E-state index is 11.2. The van der Waals surface area contributed by atoms with Gasteiger partial charge in [-0.1, -0.05) is 18.7 Å². The Kier molecular flexibility index (Phi) is 5.16. The van der Waals surface area contributed by atoms with Crippen LogP contribution in [0.4, 0.5) is 0 Å². The SMILES string of the molecule is C=C(C)C(=C)C[C@@H](O)C(=O)OC(C)C. The Morgan fingerprint density at radius 1 is 1.43 bits per heavy atom. The number of esters is 1. The van der Waals surface area contributed by atoms with Crippen LogP contribution in [0.2, 0.25) is 0 Å². The number of aliphatic hydroxyl groups is 1. The largest absolute Gasteiger partial charge is 0.461 e. The molecule has 0 saturated carbocycles. The average molecular weight is 198 g/mol. The fourth-order valence-electron chi connectivity index (χ4n) is 0.802. The van der Waals surface area contributed by atoms with E-state index in [1.54, 1.807) is 20.8 Å². The van der Waals surface area contributed by atoms with Crippen LogP contribution in [0, 0.1) is 0 Å². The molecule has 0 rings (SSSR count). The summed E-state index contributed by atoms with van der Waals surface area (Å²) in [5, 5.41) is 9.41. The normalized spacial score (nSPS) is 12.4. The van der Waals surface area contributed by atoms with Crippen LogP contribution in [-0.4, -0.2) is 23.3 Å². The Morgan fingerprint density at radius 2 is 1.93 bits per heavy atom. The quantitative estimate of drug-likeness (QED) is 0.541. The van der Waals surface area contributed by atoms with Crippen LogP contribution in [0.5, 0.6) is 0 Å². The number of carbonyl (C=O) groups excluding carboxylic acids is 1. The maximum Gasteiger partial charge on any atom is 0.335 e. The summed E-state index contributed by atoms with van der Waals surface area (Å²) in [6.45, 7) is 12.6. The lowest BCUT2D eigenvalue weighted by atomic mass is 10.0. The molecule has 0 heterocycles. The Hall–Kier alpha value is -1.09. The number of hydrogen-bond donors (Lipinski definition) is 1. The first kappa shape index (κ1) is 12.9. The lowest BCUT2D eigenvalue weighted by Crippen LogP contribution is -2.26. The zero-order valence-electron chi connectivity index (χ0n) is 9.04. The highest BCUT2D eigenvalue weighted by Crippen LogP contribution is 2.12. The highest BCUT2D eigenvalue weighted by molar-refractivity contribution is 5.75. The first-order chi connectivity index (χ1) is 6.34. The first-order valence-corrected chi connectivity index (χ1v) is 4.56. The van der Waals surface area contributed by atoms with Crippen molar-refractivity contribution in [3.63, 3.8) is 0 Å². The monoisotopic (exact) mass is 198 g/mol. The number of aliphatic hydroxyl groups excluding tert-OH is 1. The second-order valence-corrected chi connectivity index (χ2v) is 3.59. The maximum atomic E-state index is 11.2. The highest BCUT2D eigenvalue weighted by atomic mass is 16.6. The number of allylic oxidation sites excluding steroid dienone is 1. The molecular weight excluding hydrogens is 180 g/mol. The molecule has 0 aromatic heterocycles. The molecule has 0 radical (unpaired) electrons. The van der Waals surface area contributed by atoms with Crippen molar-refractivity contribution in [1.82, 2.24) is 0 Å². The molecule has 0 saturated heterocycles. The molecule has 0 aliphatic heterocycles. The van der Waals surface area contributed by atoms with E-state index in [-0.39, 0.29) is 12.5 Å². The van der Waals surface area contributed by atoms with Crippen molar-refractivity contribution in [1.29, 1.82) is 0 Å². The minimum Gasteiger partial charge on any atom is -0.461 e. The van der Waals surface area contributed by atoms with Gasteiger partial charge in [0, 0.05) is 6.42 Å². The minimum absolute atomic E-state index is 0.181. The molecule has 0 fully saturated rings. The van der Waals surface area contributed by atoms with E-state index in [4.69, 9.17) is 4.74 Å². The van der Waals surface area contributed by atoms with E-state index in [9.17, 15) is 9.90 Å². The number of ether oxygens (including phenoxy) is 1. The summed E-state index contributed by atoms with van der Waals surface area (Å²) in [6, 6.07) is 0. The van der Waals surface area contributed by atoms with Gasteiger partial charge in [-0.25, -0.2) is 4.79 Å². The van der Waals surface area contributed by atoms with Gasteiger partial charge in [-0.3, -0.25) is 0 Å². The smallest absolute Gasteiger partial charge is 0.335 e. The van der Waals surface area contributed by atoms with Gasteiger partial charge in [-0.15, -0.1) is 0 Å². The number of carbonyl (C=O) groups is 1. The summed E-state index contributed by atoms with van der Waals surface area (Å²) >= 11 is 0. The Balaban J connectivity index is 4.08. The van der Waals surface area contributed by atoms with Gasteiger partial charge in [-0.05, 0) is 26.3 Å².